The van der Waals surface area contributed by atoms with Gasteiger partial charge in [0.25, 0.3) is 8.32 Å². The predicted molar refractivity (Wildman–Crippen MR) is 131 cm³/mol. The molecule has 0 heterocycles. The summed E-state index contributed by atoms with van der Waals surface area (Å²) in [4.78, 5) is 0. The Hall–Kier alpha value is -1.38. The Morgan fingerprint density at radius 2 is 1.24 bits per heavy atom. The zero-order chi connectivity index (χ0) is 21.3. The molecule has 2 heteroatoms. The molecular formula is C27H42OSi. The lowest BCUT2D eigenvalue weighted by Crippen LogP contribution is -2.66. The molecule has 0 aliphatic carbocycles. The van der Waals surface area contributed by atoms with Gasteiger partial charge in [-0.15, -0.1) is 0 Å². The third-order valence-electron chi connectivity index (χ3n) is 6.18. The van der Waals surface area contributed by atoms with Crippen molar-refractivity contribution in [3.8, 4) is 0 Å². The van der Waals surface area contributed by atoms with Crippen molar-refractivity contribution >= 4 is 18.7 Å². The molecule has 2 unspecified atom stereocenters. The Bertz CT molecular complexity index is 650. The SMILES string of the molecule is CCCC(C)CCCC(C)CO[Si](c1ccccc1)(c1ccccc1)C(C)(C)C. The van der Waals surface area contributed by atoms with Crippen molar-refractivity contribution in [1.29, 1.82) is 0 Å². The molecule has 0 spiro atoms. The second-order valence-electron chi connectivity index (χ2n) is 9.90. The number of hydrogen-bond donors (Lipinski definition) is 0. The number of benzene rings is 2. The normalized spacial score (nSPS) is 14.6. The van der Waals surface area contributed by atoms with E-state index in [0.29, 0.717) is 5.92 Å². The summed E-state index contributed by atoms with van der Waals surface area (Å²) in [6.07, 6.45) is 6.57. The second kappa shape index (κ2) is 11.1. The first kappa shape index (κ1) is 23.9. The fraction of sp³-hybridized carbons (Fsp3) is 0.556. The molecule has 0 bridgehead atoms. The molecule has 0 fully saturated rings. The summed E-state index contributed by atoms with van der Waals surface area (Å²) in [5.41, 5.74) is 0. The van der Waals surface area contributed by atoms with Crippen molar-refractivity contribution in [2.24, 2.45) is 11.8 Å². The van der Waals surface area contributed by atoms with Gasteiger partial charge in [0.15, 0.2) is 0 Å². The maximum absolute atomic E-state index is 7.07. The Kier molecular flexibility index (Phi) is 9.17. The van der Waals surface area contributed by atoms with Crippen LogP contribution in [0.3, 0.4) is 0 Å². The zero-order valence-corrected chi connectivity index (χ0v) is 20.6. The number of hydrogen-bond acceptors (Lipinski definition) is 1. The fourth-order valence-corrected chi connectivity index (χ4v) is 9.25. The first-order chi connectivity index (χ1) is 13.8. The summed E-state index contributed by atoms with van der Waals surface area (Å²) in [6.45, 7) is 15.0. The molecule has 0 aliphatic rings. The lowest BCUT2D eigenvalue weighted by molar-refractivity contribution is 0.233. The standard InChI is InChI=1S/C27H42OSi/c1-7-15-23(2)16-14-17-24(3)22-28-29(27(4,5)6,25-18-10-8-11-19-25)26-20-12-9-13-21-26/h8-13,18-21,23-24H,7,14-17,22H2,1-6H3. The zero-order valence-electron chi connectivity index (χ0n) is 19.6. The van der Waals surface area contributed by atoms with Gasteiger partial charge in [-0.1, -0.05) is 128 Å². The third-order valence-corrected chi connectivity index (χ3v) is 11.2. The van der Waals surface area contributed by atoms with Crippen LogP contribution in [0.2, 0.25) is 5.04 Å². The van der Waals surface area contributed by atoms with Gasteiger partial charge in [0.2, 0.25) is 0 Å². The van der Waals surface area contributed by atoms with E-state index in [0.717, 1.165) is 12.5 Å². The highest BCUT2D eigenvalue weighted by molar-refractivity contribution is 6.99. The van der Waals surface area contributed by atoms with E-state index in [1.807, 2.05) is 0 Å². The van der Waals surface area contributed by atoms with E-state index in [1.54, 1.807) is 0 Å². The average Bonchev–Trinajstić information content (AvgIpc) is 2.69. The quantitative estimate of drug-likeness (QED) is 0.370. The highest BCUT2D eigenvalue weighted by atomic mass is 28.4. The fourth-order valence-electron chi connectivity index (χ4n) is 4.56. The van der Waals surface area contributed by atoms with E-state index in [4.69, 9.17) is 4.43 Å². The highest BCUT2D eigenvalue weighted by Gasteiger charge is 2.50. The van der Waals surface area contributed by atoms with Crippen LogP contribution in [0.5, 0.6) is 0 Å². The van der Waals surface area contributed by atoms with Crippen LogP contribution in [-0.2, 0) is 4.43 Å². The average molecular weight is 411 g/mol. The van der Waals surface area contributed by atoms with Crippen molar-refractivity contribution in [2.45, 2.75) is 78.7 Å². The largest absolute Gasteiger partial charge is 0.407 e. The minimum absolute atomic E-state index is 0.0606. The van der Waals surface area contributed by atoms with Gasteiger partial charge in [-0.3, -0.25) is 0 Å². The molecule has 160 valence electrons. The maximum Gasteiger partial charge on any atom is 0.261 e. The minimum atomic E-state index is -2.39. The molecule has 1 nitrogen and oxygen atoms in total. The molecule has 2 aromatic rings. The molecule has 0 saturated carbocycles. The molecule has 2 aromatic carbocycles. The van der Waals surface area contributed by atoms with Crippen LogP contribution in [-0.4, -0.2) is 14.9 Å². The molecule has 0 radical (unpaired) electrons. The Morgan fingerprint density at radius 3 is 1.69 bits per heavy atom. The predicted octanol–water partition coefficient (Wildman–Crippen LogP) is 6.81. The first-order valence-electron chi connectivity index (χ1n) is 11.6. The molecule has 2 rings (SSSR count). The van der Waals surface area contributed by atoms with Crippen LogP contribution >= 0.6 is 0 Å². The first-order valence-corrected chi connectivity index (χ1v) is 13.5. The van der Waals surface area contributed by atoms with Gasteiger partial charge in [-0.05, 0) is 33.7 Å². The van der Waals surface area contributed by atoms with Gasteiger partial charge in [0.1, 0.15) is 0 Å². The lowest BCUT2D eigenvalue weighted by atomic mass is 9.96. The van der Waals surface area contributed by atoms with E-state index >= 15 is 0 Å². The van der Waals surface area contributed by atoms with Crippen molar-refractivity contribution < 1.29 is 4.43 Å². The van der Waals surface area contributed by atoms with Gasteiger partial charge in [0.05, 0.1) is 0 Å². The Balaban J connectivity index is 2.21. The van der Waals surface area contributed by atoms with Gasteiger partial charge < -0.3 is 4.43 Å². The van der Waals surface area contributed by atoms with Crippen LogP contribution in [0.15, 0.2) is 60.7 Å². The van der Waals surface area contributed by atoms with E-state index in [-0.39, 0.29) is 5.04 Å². The van der Waals surface area contributed by atoms with Crippen molar-refractivity contribution in [3.05, 3.63) is 60.7 Å². The Morgan fingerprint density at radius 1 is 0.759 bits per heavy atom. The minimum Gasteiger partial charge on any atom is -0.407 e. The summed E-state index contributed by atoms with van der Waals surface area (Å²) in [7, 11) is -2.39. The van der Waals surface area contributed by atoms with E-state index in [9.17, 15) is 0 Å². The van der Waals surface area contributed by atoms with Crippen molar-refractivity contribution in [3.63, 3.8) is 0 Å². The highest BCUT2D eigenvalue weighted by Crippen LogP contribution is 2.37. The summed E-state index contributed by atoms with van der Waals surface area (Å²) in [5, 5.41) is 2.82. The summed E-state index contributed by atoms with van der Waals surface area (Å²) >= 11 is 0. The van der Waals surface area contributed by atoms with Gasteiger partial charge in [0, 0.05) is 6.61 Å². The summed E-state index contributed by atoms with van der Waals surface area (Å²) in [6, 6.07) is 22.0. The van der Waals surface area contributed by atoms with Crippen LogP contribution < -0.4 is 10.4 Å². The summed E-state index contributed by atoms with van der Waals surface area (Å²) < 4.78 is 7.07. The molecule has 0 aromatic heterocycles. The van der Waals surface area contributed by atoms with Crippen molar-refractivity contribution in [2.75, 3.05) is 6.61 Å². The molecule has 0 saturated heterocycles. The lowest BCUT2D eigenvalue weighted by Gasteiger charge is -2.43. The van der Waals surface area contributed by atoms with E-state index in [2.05, 4.69) is 102 Å². The van der Waals surface area contributed by atoms with Crippen LogP contribution in [0.4, 0.5) is 0 Å². The molecule has 0 amide bonds. The monoisotopic (exact) mass is 410 g/mol. The molecule has 29 heavy (non-hydrogen) atoms. The molecular weight excluding hydrogens is 368 g/mol. The second-order valence-corrected chi connectivity index (χ2v) is 14.2. The number of rotatable bonds is 11. The van der Waals surface area contributed by atoms with Gasteiger partial charge in [-0.25, -0.2) is 0 Å². The molecule has 0 aliphatic heterocycles. The smallest absolute Gasteiger partial charge is 0.261 e. The van der Waals surface area contributed by atoms with Crippen LogP contribution in [0.25, 0.3) is 0 Å². The maximum atomic E-state index is 7.07. The van der Waals surface area contributed by atoms with E-state index in [1.165, 1.54) is 42.5 Å². The van der Waals surface area contributed by atoms with Crippen LogP contribution in [0.1, 0.15) is 73.6 Å². The summed E-state index contributed by atoms with van der Waals surface area (Å²) in [5.74, 6) is 1.44. The van der Waals surface area contributed by atoms with Crippen molar-refractivity contribution in [1.82, 2.24) is 0 Å². The topological polar surface area (TPSA) is 9.23 Å². The van der Waals surface area contributed by atoms with Gasteiger partial charge >= 0.3 is 0 Å². The van der Waals surface area contributed by atoms with Gasteiger partial charge in [-0.2, -0.15) is 0 Å². The molecule has 0 N–H and O–H groups in total. The van der Waals surface area contributed by atoms with E-state index < -0.39 is 8.32 Å². The molecule has 2 atom stereocenters. The third kappa shape index (κ3) is 6.30. The Labute approximate surface area is 181 Å². The van der Waals surface area contributed by atoms with Crippen LogP contribution in [0, 0.1) is 11.8 Å².